The number of benzene rings is 2. The fourth-order valence-electron chi connectivity index (χ4n) is 3.89. The van der Waals surface area contributed by atoms with Crippen LogP contribution < -0.4 is 10.2 Å². The summed E-state index contributed by atoms with van der Waals surface area (Å²) in [5.74, 6) is 2.19. The Balaban J connectivity index is 1.38. The van der Waals surface area contributed by atoms with Gasteiger partial charge in [0.25, 0.3) is 0 Å². The van der Waals surface area contributed by atoms with Gasteiger partial charge >= 0.3 is 0 Å². The van der Waals surface area contributed by atoms with Crippen molar-refractivity contribution >= 4 is 17.5 Å². The summed E-state index contributed by atoms with van der Waals surface area (Å²) in [6, 6.07) is 17.1. The second kappa shape index (κ2) is 8.38. The Morgan fingerprint density at radius 2 is 1.82 bits per heavy atom. The Hall–Kier alpha value is -2.95. The highest BCUT2D eigenvalue weighted by Gasteiger charge is 2.21. The van der Waals surface area contributed by atoms with Crippen LogP contribution in [0.15, 0.2) is 54.7 Å². The van der Waals surface area contributed by atoms with E-state index in [1.165, 1.54) is 29.5 Å². The van der Waals surface area contributed by atoms with Gasteiger partial charge in [-0.05, 0) is 56.2 Å². The van der Waals surface area contributed by atoms with E-state index in [1.54, 1.807) is 6.20 Å². The third kappa shape index (κ3) is 4.47. The van der Waals surface area contributed by atoms with Gasteiger partial charge in [0.1, 0.15) is 0 Å². The zero-order valence-electron chi connectivity index (χ0n) is 16.6. The first-order valence-electron chi connectivity index (χ1n) is 10.0. The van der Waals surface area contributed by atoms with E-state index in [9.17, 15) is 0 Å². The average Bonchev–Trinajstić information content (AvgIpc) is 2.72. The second-order valence-corrected chi connectivity index (χ2v) is 7.70. The predicted molar refractivity (Wildman–Crippen MR) is 114 cm³/mol. The molecule has 0 radical (unpaired) electrons. The van der Waals surface area contributed by atoms with Gasteiger partial charge in [-0.1, -0.05) is 48.0 Å². The summed E-state index contributed by atoms with van der Waals surface area (Å²) in [5, 5.41) is 11.6. The van der Waals surface area contributed by atoms with Crippen LogP contribution in [0.1, 0.15) is 29.5 Å². The molecule has 1 N–H and O–H groups in total. The first-order valence-corrected chi connectivity index (χ1v) is 10.0. The zero-order chi connectivity index (χ0) is 19.3. The predicted octanol–water partition coefficient (Wildman–Crippen LogP) is 4.69. The van der Waals surface area contributed by atoms with E-state index in [4.69, 9.17) is 4.98 Å². The van der Waals surface area contributed by atoms with Crippen molar-refractivity contribution in [2.45, 2.75) is 33.1 Å². The topological polar surface area (TPSA) is 53.9 Å². The van der Waals surface area contributed by atoms with Crippen LogP contribution in [0.2, 0.25) is 0 Å². The van der Waals surface area contributed by atoms with Crippen molar-refractivity contribution in [2.75, 3.05) is 23.3 Å². The number of hydrogen-bond donors (Lipinski definition) is 1. The smallest absolute Gasteiger partial charge is 0.249 e. The number of rotatable bonds is 5. The quantitative estimate of drug-likeness (QED) is 0.703. The highest BCUT2D eigenvalue weighted by Crippen LogP contribution is 2.25. The summed E-state index contributed by atoms with van der Waals surface area (Å²) in [6.45, 7) is 6.21. The zero-order valence-corrected chi connectivity index (χ0v) is 16.6. The number of nitrogens with zero attached hydrogens (tertiary/aromatic N) is 4. The summed E-state index contributed by atoms with van der Waals surface area (Å²) < 4.78 is 0. The number of aryl methyl sites for hydroxylation is 2. The van der Waals surface area contributed by atoms with Crippen LogP contribution in [-0.4, -0.2) is 28.3 Å². The summed E-state index contributed by atoms with van der Waals surface area (Å²) in [5.41, 5.74) is 4.88. The minimum atomic E-state index is 0.552. The SMILES string of the molecule is Cc1ccc(Nc2nncc(N3CCC(Cc4ccccc4)CC3)n2)c(C)c1. The molecule has 1 fully saturated rings. The fourth-order valence-corrected chi connectivity index (χ4v) is 3.89. The van der Waals surface area contributed by atoms with Gasteiger partial charge < -0.3 is 10.2 Å². The number of anilines is 3. The molecule has 1 saturated heterocycles. The van der Waals surface area contributed by atoms with E-state index in [1.807, 2.05) is 0 Å². The fraction of sp³-hybridized carbons (Fsp3) is 0.348. The van der Waals surface area contributed by atoms with Crippen molar-refractivity contribution in [3.63, 3.8) is 0 Å². The molecule has 1 aliphatic rings. The molecule has 5 heteroatoms. The number of aromatic nitrogens is 3. The lowest BCUT2D eigenvalue weighted by molar-refractivity contribution is 0.402. The van der Waals surface area contributed by atoms with Crippen LogP contribution >= 0.6 is 0 Å². The van der Waals surface area contributed by atoms with Crippen LogP contribution in [-0.2, 0) is 6.42 Å². The van der Waals surface area contributed by atoms with E-state index in [-0.39, 0.29) is 0 Å². The molecular formula is C23H27N5. The summed E-state index contributed by atoms with van der Waals surface area (Å²) in [6.07, 6.45) is 5.29. The van der Waals surface area contributed by atoms with Crippen LogP contribution in [0.5, 0.6) is 0 Å². The molecule has 1 aliphatic heterocycles. The highest BCUT2D eigenvalue weighted by atomic mass is 15.3. The first-order chi connectivity index (χ1) is 13.7. The molecule has 5 nitrogen and oxygen atoms in total. The minimum absolute atomic E-state index is 0.552. The van der Waals surface area contributed by atoms with E-state index >= 15 is 0 Å². The maximum Gasteiger partial charge on any atom is 0.249 e. The summed E-state index contributed by atoms with van der Waals surface area (Å²) in [7, 11) is 0. The molecule has 2 heterocycles. The van der Waals surface area contributed by atoms with Crippen LogP contribution in [0.25, 0.3) is 0 Å². The van der Waals surface area contributed by atoms with E-state index in [0.717, 1.165) is 36.9 Å². The Kier molecular flexibility index (Phi) is 5.51. The monoisotopic (exact) mass is 373 g/mol. The van der Waals surface area contributed by atoms with E-state index in [0.29, 0.717) is 5.95 Å². The molecule has 0 atom stereocenters. The Labute approximate surface area is 166 Å². The van der Waals surface area contributed by atoms with Crippen molar-refractivity contribution in [1.29, 1.82) is 0 Å². The van der Waals surface area contributed by atoms with Crippen LogP contribution in [0.3, 0.4) is 0 Å². The molecule has 3 aromatic rings. The lowest BCUT2D eigenvalue weighted by Gasteiger charge is -2.32. The summed E-state index contributed by atoms with van der Waals surface area (Å²) >= 11 is 0. The van der Waals surface area contributed by atoms with Gasteiger partial charge in [0.15, 0.2) is 5.82 Å². The molecule has 0 spiro atoms. The van der Waals surface area contributed by atoms with Crippen molar-refractivity contribution in [3.05, 3.63) is 71.4 Å². The first kappa shape index (κ1) is 18.4. The van der Waals surface area contributed by atoms with Gasteiger partial charge in [0, 0.05) is 18.8 Å². The van der Waals surface area contributed by atoms with Gasteiger partial charge in [0.2, 0.25) is 5.95 Å². The lowest BCUT2D eigenvalue weighted by Crippen LogP contribution is -2.35. The Morgan fingerprint density at radius 1 is 1.04 bits per heavy atom. The largest absolute Gasteiger partial charge is 0.355 e. The minimum Gasteiger partial charge on any atom is -0.355 e. The number of piperidine rings is 1. The maximum absolute atomic E-state index is 4.71. The van der Waals surface area contributed by atoms with Crippen molar-refractivity contribution in [1.82, 2.24) is 15.2 Å². The molecule has 2 aromatic carbocycles. The van der Waals surface area contributed by atoms with Crippen LogP contribution in [0.4, 0.5) is 17.5 Å². The normalized spacial score (nSPS) is 14.9. The molecule has 0 aliphatic carbocycles. The Morgan fingerprint density at radius 3 is 2.57 bits per heavy atom. The third-order valence-corrected chi connectivity index (χ3v) is 5.48. The second-order valence-electron chi connectivity index (χ2n) is 7.70. The standard InChI is InChI=1S/C23H27N5/c1-17-8-9-21(18(2)14-17)25-23-26-22(16-24-27-23)28-12-10-20(11-13-28)15-19-6-4-3-5-7-19/h3-9,14,16,20H,10-13,15H2,1-2H3,(H,25,26,27). The molecule has 28 heavy (non-hydrogen) atoms. The van der Waals surface area contributed by atoms with Crippen molar-refractivity contribution in [3.8, 4) is 0 Å². The van der Waals surface area contributed by atoms with Gasteiger partial charge in [-0.3, -0.25) is 0 Å². The van der Waals surface area contributed by atoms with Gasteiger partial charge in [-0.2, -0.15) is 10.1 Å². The maximum atomic E-state index is 4.71. The molecule has 0 saturated carbocycles. The molecule has 0 unspecified atom stereocenters. The molecule has 0 bridgehead atoms. The van der Waals surface area contributed by atoms with Gasteiger partial charge in [0.05, 0.1) is 6.20 Å². The number of nitrogens with one attached hydrogen (secondary N) is 1. The number of hydrogen-bond acceptors (Lipinski definition) is 5. The third-order valence-electron chi connectivity index (χ3n) is 5.48. The molecular weight excluding hydrogens is 346 g/mol. The Bertz CT molecular complexity index is 917. The van der Waals surface area contributed by atoms with Crippen molar-refractivity contribution in [2.24, 2.45) is 5.92 Å². The van der Waals surface area contributed by atoms with E-state index in [2.05, 4.69) is 82.8 Å². The van der Waals surface area contributed by atoms with E-state index < -0.39 is 0 Å². The summed E-state index contributed by atoms with van der Waals surface area (Å²) in [4.78, 5) is 7.03. The van der Waals surface area contributed by atoms with Gasteiger partial charge in [-0.25, -0.2) is 0 Å². The molecule has 144 valence electrons. The molecule has 4 rings (SSSR count). The highest BCUT2D eigenvalue weighted by molar-refractivity contribution is 5.59. The lowest BCUT2D eigenvalue weighted by atomic mass is 9.90. The van der Waals surface area contributed by atoms with Gasteiger partial charge in [-0.15, -0.1) is 5.10 Å². The van der Waals surface area contributed by atoms with Crippen molar-refractivity contribution < 1.29 is 0 Å². The van der Waals surface area contributed by atoms with Crippen LogP contribution in [0, 0.1) is 19.8 Å². The molecule has 1 aromatic heterocycles. The molecule has 0 amide bonds. The average molecular weight is 374 g/mol.